The van der Waals surface area contributed by atoms with E-state index in [1.54, 1.807) is 6.20 Å². The van der Waals surface area contributed by atoms with Crippen molar-refractivity contribution in [2.75, 3.05) is 6.61 Å². The van der Waals surface area contributed by atoms with Gasteiger partial charge < -0.3 is 4.74 Å². The number of Topliss-reactive ketones (excluding diaryl/α,β-unsaturated/α-hetero) is 1. The fourth-order valence-corrected chi connectivity index (χ4v) is 3.11. The molecule has 1 aliphatic rings. The van der Waals surface area contributed by atoms with Crippen LogP contribution in [0.4, 0.5) is 0 Å². The van der Waals surface area contributed by atoms with Gasteiger partial charge >= 0.3 is 0 Å². The first kappa shape index (κ1) is 17.6. The van der Waals surface area contributed by atoms with E-state index < -0.39 is 0 Å². The van der Waals surface area contributed by atoms with Crippen molar-refractivity contribution in [3.63, 3.8) is 0 Å². The van der Waals surface area contributed by atoms with E-state index in [1.165, 1.54) is 6.92 Å². The molecule has 26 heavy (non-hydrogen) atoms. The van der Waals surface area contributed by atoms with E-state index in [-0.39, 0.29) is 5.78 Å². The van der Waals surface area contributed by atoms with Gasteiger partial charge in [0, 0.05) is 29.3 Å². The van der Waals surface area contributed by atoms with Gasteiger partial charge in [0.1, 0.15) is 5.76 Å². The zero-order valence-corrected chi connectivity index (χ0v) is 15.0. The van der Waals surface area contributed by atoms with E-state index >= 15 is 0 Å². The van der Waals surface area contributed by atoms with Crippen LogP contribution in [-0.2, 0) is 16.0 Å². The Bertz CT molecular complexity index is 966. The molecule has 1 aliphatic heterocycles. The van der Waals surface area contributed by atoms with Gasteiger partial charge in [-0.05, 0) is 35.3 Å². The Labute approximate surface area is 154 Å². The monoisotopic (exact) mass is 343 g/mol. The summed E-state index contributed by atoms with van der Waals surface area (Å²) in [6.07, 6.45) is 2.58. The van der Waals surface area contributed by atoms with E-state index in [1.807, 2.05) is 30.3 Å². The van der Waals surface area contributed by atoms with Crippen molar-refractivity contribution < 1.29 is 9.53 Å². The van der Waals surface area contributed by atoms with Crippen LogP contribution in [0.15, 0.2) is 62.8 Å². The molecule has 2 heterocycles. The minimum absolute atomic E-state index is 0.0761. The summed E-state index contributed by atoms with van der Waals surface area (Å²) in [5.74, 6) is 0.526. The molecule has 0 saturated carbocycles. The van der Waals surface area contributed by atoms with Crippen LogP contribution in [0.1, 0.15) is 34.9 Å². The van der Waals surface area contributed by atoms with Gasteiger partial charge in [-0.2, -0.15) is 0 Å². The number of ether oxygens (including phenoxy) is 1. The number of ketones is 1. The zero-order valence-electron chi connectivity index (χ0n) is 15.0. The molecule has 1 aromatic heterocycles. The first-order chi connectivity index (χ1) is 12.4. The Morgan fingerprint density at radius 3 is 2.35 bits per heavy atom. The predicted molar refractivity (Wildman–Crippen MR) is 107 cm³/mol. The first-order valence-corrected chi connectivity index (χ1v) is 8.40. The highest BCUT2D eigenvalue weighted by Crippen LogP contribution is 2.37. The number of nitrogens with zero attached hydrogens (tertiary/aromatic N) is 1. The molecule has 0 spiro atoms. The summed E-state index contributed by atoms with van der Waals surface area (Å²) in [4.78, 5) is 16.3. The third kappa shape index (κ3) is 3.04. The van der Waals surface area contributed by atoms with E-state index in [0.717, 1.165) is 28.7 Å². The van der Waals surface area contributed by atoms with Crippen LogP contribution in [0.5, 0.6) is 0 Å². The van der Waals surface area contributed by atoms with Crippen LogP contribution in [0.3, 0.4) is 0 Å². The highest BCUT2D eigenvalue weighted by Gasteiger charge is 2.22. The molecule has 3 nitrogen and oxygen atoms in total. The highest BCUT2D eigenvalue weighted by atomic mass is 16.5. The van der Waals surface area contributed by atoms with Crippen molar-refractivity contribution in [1.82, 2.24) is 4.98 Å². The average Bonchev–Trinajstić information content (AvgIpc) is 2.66. The average molecular weight is 343 g/mol. The zero-order chi connectivity index (χ0) is 18.8. The Morgan fingerprint density at radius 1 is 1.04 bits per heavy atom. The topological polar surface area (TPSA) is 39.2 Å². The van der Waals surface area contributed by atoms with Gasteiger partial charge in [-0.3, -0.25) is 9.78 Å². The van der Waals surface area contributed by atoms with Gasteiger partial charge in [-0.1, -0.05) is 50.6 Å². The van der Waals surface area contributed by atoms with Gasteiger partial charge in [0.05, 0.1) is 12.3 Å². The summed E-state index contributed by atoms with van der Waals surface area (Å²) in [6.45, 7) is 18.5. The molecule has 0 radical (unpaired) electrons. The molecule has 0 N–H and O–H groups in total. The van der Waals surface area contributed by atoms with Crippen molar-refractivity contribution in [2.45, 2.75) is 13.3 Å². The van der Waals surface area contributed by atoms with E-state index in [9.17, 15) is 4.79 Å². The lowest BCUT2D eigenvalue weighted by Crippen LogP contribution is -2.12. The standard InChI is InChI=1S/C23H21NO2/c1-14(20-8-6-7-9-21(20)16(3)17(4)25)15(2)23-22-18(5)26-13-11-19(22)10-12-24-23/h6-10,12H,1-3,5,11,13H2,4H3. The third-order valence-corrected chi connectivity index (χ3v) is 4.62. The number of hydrogen-bond acceptors (Lipinski definition) is 3. The second-order valence-corrected chi connectivity index (χ2v) is 6.25. The molecule has 3 heteroatoms. The SMILES string of the molecule is C=C(C(=C)c1nccc2c1C(=C)OCC2)c1ccccc1C(=C)C(C)=O. The fraction of sp³-hybridized carbons (Fsp3) is 0.130. The summed E-state index contributed by atoms with van der Waals surface area (Å²) in [6, 6.07) is 9.54. The van der Waals surface area contributed by atoms with Gasteiger partial charge in [0.2, 0.25) is 0 Å². The first-order valence-electron chi connectivity index (χ1n) is 8.40. The van der Waals surface area contributed by atoms with Gasteiger partial charge in [-0.25, -0.2) is 0 Å². The molecular formula is C23H21NO2. The number of aromatic nitrogens is 1. The molecule has 0 amide bonds. The molecule has 3 rings (SSSR count). The summed E-state index contributed by atoms with van der Waals surface area (Å²) in [5.41, 5.74) is 6.13. The van der Waals surface area contributed by atoms with Gasteiger partial charge in [-0.15, -0.1) is 0 Å². The minimum Gasteiger partial charge on any atom is -0.493 e. The fourth-order valence-electron chi connectivity index (χ4n) is 3.11. The number of benzene rings is 1. The van der Waals surface area contributed by atoms with E-state index in [2.05, 4.69) is 31.3 Å². The van der Waals surface area contributed by atoms with E-state index in [4.69, 9.17) is 4.74 Å². The summed E-state index contributed by atoms with van der Waals surface area (Å²) in [7, 11) is 0. The number of allylic oxidation sites excluding steroid dienone is 3. The molecule has 1 aromatic carbocycles. The summed E-state index contributed by atoms with van der Waals surface area (Å²) >= 11 is 0. The predicted octanol–water partition coefficient (Wildman–Crippen LogP) is 4.95. The molecule has 0 atom stereocenters. The quantitative estimate of drug-likeness (QED) is 0.569. The van der Waals surface area contributed by atoms with Crippen molar-refractivity contribution in [2.24, 2.45) is 0 Å². The molecule has 130 valence electrons. The lowest BCUT2D eigenvalue weighted by molar-refractivity contribution is -0.111. The Morgan fingerprint density at radius 2 is 1.69 bits per heavy atom. The lowest BCUT2D eigenvalue weighted by atomic mass is 9.87. The van der Waals surface area contributed by atoms with Crippen molar-refractivity contribution >= 4 is 28.3 Å². The van der Waals surface area contributed by atoms with Gasteiger partial charge in [0.15, 0.2) is 5.78 Å². The number of fused-ring (bicyclic) bond motifs is 1. The molecule has 0 fully saturated rings. The number of hydrogen-bond donors (Lipinski definition) is 0. The number of rotatable bonds is 5. The lowest BCUT2D eigenvalue weighted by Gasteiger charge is -2.23. The number of pyridine rings is 1. The Balaban J connectivity index is 2.06. The molecule has 0 bridgehead atoms. The van der Waals surface area contributed by atoms with Crippen molar-refractivity contribution in [3.05, 3.63) is 90.8 Å². The maximum Gasteiger partial charge on any atom is 0.159 e. The maximum absolute atomic E-state index is 11.8. The molecule has 0 unspecified atom stereocenters. The second-order valence-electron chi connectivity index (χ2n) is 6.25. The molecule has 0 aliphatic carbocycles. The Kier molecular flexibility index (Phi) is 4.72. The van der Waals surface area contributed by atoms with Gasteiger partial charge in [0.25, 0.3) is 0 Å². The molecule has 2 aromatic rings. The molecular weight excluding hydrogens is 322 g/mol. The van der Waals surface area contributed by atoms with Crippen LogP contribution in [-0.4, -0.2) is 17.4 Å². The minimum atomic E-state index is -0.0761. The summed E-state index contributed by atoms with van der Waals surface area (Å²) in [5, 5.41) is 0. The van der Waals surface area contributed by atoms with Crippen LogP contribution in [0, 0.1) is 0 Å². The van der Waals surface area contributed by atoms with Crippen LogP contribution < -0.4 is 0 Å². The van der Waals surface area contributed by atoms with Crippen LogP contribution >= 0.6 is 0 Å². The smallest absolute Gasteiger partial charge is 0.159 e. The highest BCUT2D eigenvalue weighted by molar-refractivity contribution is 6.21. The van der Waals surface area contributed by atoms with Crippen molar-refractivity contribution in [3.8, 4) is 0 Å². The normalized spacial score (nSPS) is 12.7. The van der Waals surface area contributed by atoms with E-state index in [0.29, 0.717) is 34.8 Å². The summed E-state index contributed by atoms with van der Waals surface area (Å²) < 4.78 is 5.61. The Hall–Kier alpha value is -3.20. The third-order valence-electron chi connectivity index (χ3n) is 4.62. The number of carbonyl (C=O) groups excluding carboxylic acids is 1. The second kappa shape index (κ2) is 6.96. The number of carbonyl (C=O) groups is 1. The van der Waals surface area contributed by atoms with Crippen LogP contribution in [0.25, 0.3) is 22.5 Å². The van der Waals surface area contributed by atoms with Crippen molar-refractivity contribution in [1.29, 1.82) is 0 Å². The maximum atomic E-state index is 11.8. The molecule has 0 saturated heterocycles. The van der Waals surface area contributed by atoms with Crippen LogP contribution in [0.2, 0.25) is 0 Å². The largest absolute Gasteiger partial charge is 0.493 e.